The molecular formula is C31H37Ac2N3O4-2. The molecule has 0 aliphatic carbocycles. The summed E-state index contributed by atoms with van der Waals surface area (Å²) in [5, 5.41) is 2.68. The maximum Gasteiger partial charge on any atom is 0.221 e. The quantitative estimate of drug-likeness (QED) is 0.215. The molecule has 0 spiro atoms. The molecular weight excluding hydrogens is 932 g/mol. The first-order valence-electron chi connectivity index (χ1n) is 12.5. The minimum atomic E-state index is -0.0781. The molecule has 2 radical (unpaired) electrons. The van der Waals surface area contributed by atoms with E-state index >= 15 is 0 Å². The van der Waals surface area contributed by atoms with Crippen LogP contribution in [0.15, 0.2) is 72.8 Å². The Bertz CT molecular complexity index is 1070. The van der Waals surface area contributed by atoms with Gasteiger partial charge in [0.05, 0.1) is 0 Å². The third kappa shape index (κ3) is 19.7. The van der Waals surface area contributed by atoms with E-state index in [1.807, 2.05) is 62.4 Å². The van der Waals surface area contributed by atoms with Gasteiger partial charge in [-0.2, -0.15) is 0 Å². The summed E-state index contributed by atoms with van der Waals surface area (Å²) >= 11 is 0. The molecule has 7 nitrogen and oxygen atoms in total. The van der Waals surface area contributed by atoms with Crippen LogP contribution >= 0.6 is 0 Å². The number of anilines is 1. The van der Waals surface area contributed by atoms with Crippen molar-refractivity contribution in [2.75, 3.05) is 5.32 Å². The Morgan fingerprint density at radius 1 is 0.700 bits per heavy atom. The summed E-state index contributed by atoms with van der Waals surface area (Å²) < 4.78 is 0. The first-order valence-corrected chi connectivity index (χ1v) is 12.5. The third-order valence-corrected chi connectivity index (χ3v) is 5.31. The Kier molecular flexibility index (Phi) is 24.7. The molecule has 0 aromatic heterocycles. The third-order valence-electron chi connectivity index (χ3n) is 5.31. The van der Waals surface area contributed by atoms with Gasteiger partial charge in [0.25, 0.3) is 0 Å². The fourth-order valence-corrected chi connectivity index (χ4v) is 3.31. The van der Waals surface area contributed by atoms with Crippen LogP contribution in [0.2, 0.25) is 0 Å². The van der Waals surface area contributed by atoms with E-state index in [2.05, 4.69) is 5.32 Å². The van der Waals surface area contributed by atoms with Crippen LogP contribution in [0, 0.1) is 100.0 Å². The van der Waals surface area contributed by atoms with E-state index in [0.717, 1.165) is 60.5 Å². The molecule has 208 valence electrons. The smallest absolute Gasteiger partial charge is 0.221 e. The largest absolute Gasteiger partial charge is 0.699 e. The maximum absolute atomic E-state index is 10.7. The molecule has 3 aromatic rings. The fraction of sp³-hybridized carbons (Fsp3) is 0.290. The number of aryl methyl sites for hydroxylation is 1. The molecule has 0 aliphatic heterocycles. The average Bonchev–Trinajstić information content (AvgIpc) is 2.91. The number of aldehydes is 3. The van der Waals surface area contributed by atoms with E-state index in [1.165, 1.54) is 6.92 Å². The number of rotatable bonds is 10. The van der Waals surface area contributed by atoms with Crippen molar-refractivity contribution in [1.29, 1.82) is 0 Å². The molecule has 3 rings (SSSR count). The average molecular weight is 970 g/mol. The normalized spacial score (nSPS) is 10.8. The zero-order valence-corrected chi connectivity index (χ0v) is 32.9. The van der Waals surface area contributed by atoms with Crippen molar-refractivity contribution in [1.82, 2.24) is 0 Å². The summed E-state index contributed by atoms with van der Waals surface area (Å²) in [4.78, 5) is 41.5. The molecule has 0 aliphatic rings. The van der Waals surface area contributed by atoms with Crippen LogP contribution in [0.4, 0.5) is 17.1 Å². The van der Waals surface area contributed by atoms with Crippen LogP contribution in [0.3, 0.4) is 0 Å². The summed E-state index contributed by atoms with van der Waals surface area (Å²) in [7, 11) is 0. The Hall–Kier alpha value is -1.38. The van der Waals surface area contributed by atoms with Crippen molar-refractivity contribution < 1.29 is 107 Å². The number of carbonyl (C=O) groups is 4. The van der Waals surface area contributed by atoms with Crippen molar-refractivity contribution in [2.24, 2.45) is 11.8 Å². The summed E-state index contributed by atoms with van der Waals surface area (Å²) in [6, 6.07) is 22.0. The van der Waals surface area contributed by atoms with E-state index in [4.69, 9.17) is 11.5 Å². The van der Waals surface area contributed by atoms with E-state index < -0.39 is 0 Å². The van der Waals surface area contributed by atoms with Crippen molar-refractivity contribution in [3.05, 3.63) is 101 Å². The molecule has 2 unspecified atom stereocenters. The van der Waals surface area contributed by atoms with Crippen molar-refractivity contribution >= 4 is 41.8 Å². The van der Waals surface area contributed by atoms with Gasteiger partial charge in [-0.15, -0.1) is 11.4 Å². The van der Waals surface area contributed by atoms with Crippen LogP contribution < -0.4 is 5.32 Å². The molecule has 0 heterocycles. The van der Waals surface area contributed by atoms with Crippen molar-refractivity contribution in [2.45, 2.75) is 46.5 Å². The summed E-state index contributed by atoms with van der Waals surface area (Å²) in [5.74, 6) is 0.0637. The Morgan fingerprint density at radius 2 is 1.07 bits per heavy atom. The predicted molar refractivity (Wildman–Crippen MR) is 154 cm³/mol. The van der Waals surface area contributed by atoms with Gasteiger partial charge in [0.2, 0.25) is 5.91 Å². The second-order valence-corrected chi connectivity index (χ2v) is 9.11. The molecule has 1 amide bonds. The fourth-order valence-electron chi connectivity index (χ4n) is 3.31. The SMILES string of the molecule is CC(=O)Nc1ccc(CCC=O)cc1.CC(C=O)Cc1ccc([NH-])cc1.CC(C=O)Cc1ccc([NH-])cc1.[Ac].[Ac]. The van der Waals surface area contributed by atoms with E-state index in [-0.39, 0.29) is 106 Å². The summed E-state index contributed by atoms with van der Waals surface area (Å²) in [6.07, 6.45) is 5.64. The molecule has 3 aromatic carbocycles. The van der Waals surface area contributed by atoms with Crippen molar-refractivity contribution in [3.63, 3.8) is 0 Å². The number of carbonyl (C=O) groups excluding carboxylic acids is 4. The standard InChI is InChI=1S/C11H13NO2.2C10H12NO.2Ac/c1-9(14)12-11-6-4-10(5-7-11)3-2-8-13;2*1-8(7-12)6-9-2-4-10(11)5-3-9;;/h4-8H,2-3H2,1H3,(H,12,14);2*2-5,7-8,11H,6H2,1H3;;/q;2*-1;;. The van der Waals surface area contributed by atoms with Gasteiger partial charge in [0.1, 0.15) is 18.9 Å². The van der Waals surface area contributed by atoms with Gasteiger partial charge < -0.3 is 31.2 Å². The van der Waals surface area contributed by atoms with Gasteiger partial charge in [0, 0.05) is 119 Å². The minimum Gasteiger partial charge on any atom is -0.699 e. The maximum atomic E-state index is 10.7. The first kappa shape index (κ1) is 40.8. The van der Waals surface area contributed by atoms with Crippen LogP contribution in [-0.2, 0) is 38.4 Å². The monoisotopic (exact) mass is 969 g/mol. The molecule has 0 fully saturated rings. The minimum absolute atomic E-state index is 0. The second-order valence-electron chi connectivity index (χ2n) is 9.11. The van der Waals surface area contributed by atoms with Gasteiger partial charge in [-0.1, -0.05) is 74.5 Å². The zero-order valence-electron chi connectivity index (χ0n) is 23.4. The van der Waals surface area contributed by atoms with Crippen molar-refractivity contribution in [3.8, 4) is 0 Å². The van der Waals surface area contributed by atoms with E-state index in [1.54, 1.807) is 24.3 Å². The van der Waals surface area contributed by atoms with Crippen LogP contribution in [0.25, 0.3) is 11.5 Å². The van der Waals surface area contributed by atoms with Gasteiger partial charge in [-0.25, -0.2) is 0 Å². The zero-order chi connectivity index (χ0) is 28.3. The molecule has 0 saturated heterocycles. The molecule has 40 heavy (non-hydrogen) atoms. The van der Waals surface area contributed by atoms with Gasteiger partial charge in [-0.05, 0) is 48.1 Å². The Labute approximate surface area is 309 Å². The predicted octanol–water partition coefficient (Wildman–Crippen LogP) is 7.27. The number of hydrogen-bond donors (Lipinski definition) is 1. The topological polar surface area (TPSA) is 128 Å². The number of hydrogen-bond acceptors (Lipinski definition) is 4. The molecule has 3 N–H and O–H groups in total. The number of benzene rings is 3. The van der Waals surface area contributed by atoms with Gasteiger partial charge in [0.15, 0.2) is 0 Å². The Balaban J connectivity index is 0. The van der Waals surface area contributed by atoms with Gasteiger partial charge in [-0.3, -0.25) is 4.79 Å². The van der Waals surface area contributed by atoms with E-state index in [0.29, 0.717) is 17.8 Å². The summed E-state index contributed by atoms with van der Waals surface area (Å²) in [6.45, 7) is 5.25. The molecule has 0 saturated carbocycles. The van der Waals surface area contributed by atoms with Crippen LogP contribution in [0.1, 0.15) is 43.9 Å². The van der Waals surface area contributed by atoms with E-state index in [9.17, 15) is 19.2 Å². The van der Waals surface area contributed by atoms with Crippen LogP contribution in [-0.4, -0.2) is 24.8 Å². The summed E-state index contributed by atoms with van der Waals surface area (Å²) in [5.41, 5.74) is 19.6. The van der Waals surface area contributed by atoms with Crippen LogP contribution in [0.5, 0.6) is 0 Å². The first-order chi connectivity index (χ1) is 18.2. The molecule has 9 heteroatoms. The van der Waals surface area contributed by atoms with Gasteiger partial charge >= 0.3 is 0 Å². The number of amides is 1. The number of nitrogens with one attached hydrogen (secondary N) is 3. The molecule has 2 atom stereocenters. The Morgan fingerprint density at radius 3 is 1.40 bits per heavy atom. The second kappa shape index (κ2) is 24.2. The molecule has 0 bridgehead atoms.